The smallest absolute Gasteiger partial charge is 0.256 e. The van der Waals surface area contributed by atoms with Crippen molar-refractivity contribution in [2.45, 2.75) is 37.6 Å². The molecule has 1 aliphatic rings. The molecule has 3 rings (SSSR count). The lowest BCUT2D eigenvalue weighted by Gasteiger charge is -2.15. The number of carbonyl (C=O) groups is 1. The van der Waals surface area contributed by atoms with E-state index in [0.29, 0.717) is 24.5 Å². The van der Waals surface area contributed by atoms with Crippen molar-refractivity contribution in [3.8, 4) is 0 Å². The number of hydrogen-bond donors (Lipinski definition) is 1. The molecule has 0 atom stereocenters. The fourth-order valence-corrected chi connectivity index (χ4v) is 4.39. The standard InChI is InChI=1S/C17H22N4O3S/c1-13(2)21-16(9-10-18-21)19-17(22)14-5-7-15(8-6-14)25(23,24)20-11-3-4-12-20/h5-10,13H,3-4,11-12H2,1-2H3,(H,19,22). The quantitative estimate of drug-likeness (QED) is 0.886. The van der Waals surface area contributed by atoms with Gasteiger partial charge in [-0.2, -0.15) is 9.40 Å². The second-order valence-corrected chi connectivity index (χ2v) is 8.28. The summed E-state index contributed by atoms with van der Waals surface area (Å²) in [6, 6.07) is 7.90. The van der Waals surface area contributed by atoms with E-state index in [1.165, 1.54) is 28.6 Å². The maximum Gasteiger partial charge on any atom is 0.256 e. The molecule has 1 aromatic heterocycles. The number of benzene rings is 1. The fourth-order valence-electron chi connectivity index (χ4n) is 2.87. The Balaban J connectivity index is 1.75. The van der Waals surface area contributed by atoms with E-state index in [9.17, 15) is 13.2 Å². The second-order valence-electron chi connectivity index (χ2n) is 6.34. The van der Waals surface area contributed by atoms with Crippen LogP contribution in [0.3, 0.4) is 0 Å². The fraction of sp³-hybridized carbons (Fsp3) is 0.412. The monoisotopic (exact) mass is 362 g/mol. The van der Waals surface area contributed by atoms with Crippen LogP contribution in [0.1, 0.15) is 43.1 Å². The minimum atomic E-state index is -3.46. The van der Waals surface area contributed by atoms with E-state index in [0.717, 1.165) is 12.8 Å². The van der Waals surface area contributed by atoms with Crippen molar-refractivity contribution in [2.24, 2.45) is 0 Å². The van der Waals surface area contributed by atoms with Crippen LogP contribution in [-0.2, 0) is 10.0 Å². The van der Waals surface area contributed by atoms with Crippen molar-refractivity contribution in [3.63, 3.8) is 0 Å². The summed E-state index contributed by atoms with van der Waals surface area (Å²) in [5.74, 6) is 0.307. The minimum absolute atomic E-state index is 0.123. The molecule has 2 aromatic rings. The first-order valence-corrected chi connectivity index (χ1v) is 9.78. The molecular weight excluding hydrogens is 340 g/mol. The van der Waals surface area contributed by atoms with E-state index in [2.05, 4.69) is 10.4 Å². The summed E-state index contributed by atoms with van der Waals surface area (Å²) in [5, 5.41) is 6.97. The van der Waals surface area contributed by atoms with Crippen LogP contribution < -0.4 is 5.32 Å². The maximum absolute atomic E-state index is 12.5. The summed E-state index contributed by atoms with van der Waals surface area (Å²) in [6.07, 6.45) is 3.41. The van der Waals surface area contributed by atoms with Crippen molar-refractivity contribution >= 4 is 21.7 Å². The Kier molecular flexibility index (Phi) is 4.91. The summed E-state index contributed by atoms with van der Waals surface area (Å²) in [7, 11) is -3.46. The summed E-state index contributed by atoms with van der Waals surface area (Å²) in [6.45, 7) is 5.06. The normalized spacial score (nSPS) is 15.6. The van der Waals surface area contributed by atoms with Gasteiger partial charge in [0.25, 0.3) is 5.91 Å². The number of carbonyl (C=O) groups excluding carboxylic acids is 1. The molecule has 1 saturated heterocycles. The number of sulfonamides is 1. The first-order valence-electron chi connectivity index (χ1n) is 8.34. The van der Waals surface area contributed by atoms with Crippen LogP contribution in [0.4, 0.5) is 5.82 Å². The number of nitrogens with one attached hydrogen (secondary N) is 1. The van der Waals surface area contributed by atoms with Crippen LogP contribution in [0.5, 0.6) is 0 Å². The average molecular weight is 362 g/mol. The van der Waals surface area contributed by atoms with Crippen LogP contribution in [0, 0.1) is 0 Å². The Morgan fingerprint density at radius 3 is 2.36 bits per heavy atom. The second kappa shape index (κ2) is 6.97. The van der Waals surface area contributed by atoms with Crippen LogP contribution >= 0.6 is 0 Å². The zero-order valence-electron chi connectivity index (χ0n) is 14.3. The molecule has 0 radical (unpaired) electrons. The van der Waals surface area contributed by atoms with Crippen molar-refractivity contribution < 1.29 is 13.2 Å². The summed E-state index contributed by atoms with van der Waals surface area (Å²) >= 11 is 0. The third kappa shape index (κ3) is 3.59. The van der Waals surface area contributed by atoms with Crippen LogP contribution in [-0.4, -0.2) is 41.5 Å². The highest BCUT2D eigenvalue weighted by Crippen LogP contribution is 2.21. The zero-order chi connectivity index (χ0) is 18.0. The summed E-state index contributed by atoms with van der Waals surface area (Å²) in [5.41, 5.74) is 0.400. The van der Waals surface area contributed by atoms with Crippen molar-refractivity contribution in [3.05, 3.63) is 42.1 Å². The van der Waals surface area contributed by atoms with E-state index in [1.807, 2.05) is 13.8 Å². The number of aromatic nitrogens is 2. The van der Waals surface area contributed by atoms with Gasteiger partial charge in [0, 0.05) is 30.8 Å². The molecule has 0 aliphatic carbocycles. The number of nitrogens with zero attached hydrogens (tertiary/aromatic N) is 3. The van der Waals surface area contributed by atoms with Crippen molar-refractivity contribution in [2.75, 3.05) is 18.4 Å². The number of anilines is 1. The van der Waals surface area contributed by atoms with E-state index in [-0.39, 0.29) is 16.8 Å². The Labute approximate surface area is 147 Å². The molecule has 1 aromatic carbocycles. The van der Waals surface area contributed by atoms with Gasteiger partial charge in [0.05, 0.1) is 11.1 Å². The molecule has 2 heterocycles. The van der Waals surface area contributed by atoms with Gasteiger partial charge < -0.3 is 5.32 Å². The maximum atomic E-state index is 12.5. The van der Waals surface area contributed by atoms with E-state index < -0.39 is 10.0 Å². The third-order valence-corrected chi connectivity index (χ3v) is 6.13. The molecule has 0 spiro atoms. The van der Waals surface area contributed by atoms with Gasteiger partial charge >= 0.3 is 0 Å². The predicted octanol–water partition coefficient (Wildman–Crippen LogP) is 2.50. The third-order valence-electron chi connectivity index (χ3n) is 4.22. The van der Waals surface area contributed by atoms with Crippen LogP contribution in [0.2, 0.25) is 0 Å². The summed E-state index contributed by atoms with van der Waals surface area (Å²) in [4.78, 5) is 12.6. The lowest BCUT2D eigenvalue weighted by molar-refractivity contribution is 0.102. The molecule has 134 valence electrons. The van der Waals surface area contributed by atoms with Gasteiger partial charge in [-0.05, 0) is 51.0 Å². The molecule has 1 amide bonds. The van der Waals surface area contributed by atoms with Gasteiger partial charge in [-0.25, -0.2) is 13.1 Å². The predicted molar refractivity (Wildman–Crippen MR) is 95.0 cm³/mol. The zero-order valence-corrected chi connectivity index (χ0v) is 15.2. The van der Waals surface area contributed by atoms with E-state index >= 15 is 0 Å². The molecule has 1 N–H and O–H groups in total. The molecular formula is C17H22N4O3S. The Bertz CT molecular complexity index is 850. The highest BCUT2D eigenvalue weighted by molar-refractivity contribution is 7.89. The van der Waals surface area contributed by atoms with Gasteiger partial charge in [-0.3, -0.25) is 4.79 Å². The van der Waals surface area contributed by atoms with Gasteiger partial charge in [0.2, 0.25) is 10.0 Å². The molecule has 0 bridgehead atoms. The minimum Gasteiger partial charge on any atom is -0.307 e. The molecule has 7 nitrogen and oxygen atoms in total. The Morgan fingerprint density at radius 2 is 1.76 bits per heavy atom. The molecule has 0 unspecified atom stereocenters. The largest absolute Gasteiger partial charge is 0.307 e. The van der Waals surface area contributed by atoms with Crippen LogP contribution in [0.25, 0.3) is 0 Å². The highest BCUT2D eigenvalue weighted by atomic mass is 32.2. The van der Waals surface area contributed by atoms with E-state index in [4.69, 9.17) is 0 Å². The molecule has 1 fully saturated rings. The lowest BCUT2D eigenvalue weighted by Crippen LogP contribution is -2.27. The van der Waals surface area contributed by atoms with Gasteiger partial charge in [0.1, 0.15) is 5.82 Å². The van der Waals surface area contributed by atoms with Gasteiger partial charge in [0.15, 0.2) is 0 Å². The van der Waals surface area contributed by atoms with Crippen LogP contribution in [0.15, 0.2) is 41.4 Å². The van der Waals surface area contributed by atoms with Gasteiger partial charge in [-0.1, -0.05) is 0 Å². The van der Waals surface area contributed by atoms with Crippen molar-refractivity contribution in [1.82, 2.24) is 14.1 Å². The average Bonchev–Trinajstić information content (AvgIpc) is 3.26. The first-order chi connectivity index (χ1) is 11.9. The highest BCUT2D eigenvalue weighted by Gasteiger charge is 2.27. The Hall–Kier alpha value is -2.19. The van der Waals surface area contributed by atoms with E-state index in [1.54, 1.807) is 16.9 Å². The number of amides is 1. The van der Waals surface area contributed by atoms with Crippen molar-refractivity contribution in [1.29, 1.82) is 0 Å². The topological polar surface area (TPSA) is 84.3 Å². The number of hydrogen-bond acceptors (Lipinski definition) is 4. The SMILES string of the molecule is CC(C)n1nccc1NC(=O)c1ccc(S(=O)(=O)N2CCCC2)cc1. The molecule has 0 saturated carbocycles. The molecule has 8 heteroatoms. The lowest BCUT2D eigenvalue weighted by atomic mass is 10.2. The Morgan fingerprint density at radius 1 is 1.12 bits per heavy atom. The van der Waals surface area contributed by atoms with Gasteiger partial charge in [-0.15, -0.1) is 0 Å². The molecule has 1 aliphatic heterocycles. The summed E-state index contributed by atoms with van der Waals surface area (Å²) < 4.78 is 28.2. The number of rotatable bonds is 5. The first kappa shape index (κ1) is 17.6. The molecule has 25 heavy (non-hydrogen) atoms.